The first-order valence-electron chi connectivity index (χ1n) is 4.26. The molecule has 0 heterocycles. The second kappa shape index (κ2) is 5.09. The van der Waals surface area contributed by atoms with Gasteiger partial charge in [-0.3, -0.25) is 10.1 Å². The van der Waals surface area contributed by atoms with Crippen molar-refractivity contribution >= 4 is 28.3 Å². The summed E-state index contributed by atoms with van der Waals surface area (Å²) in [6.07, 6.45) is -0.00912. The summed E-state index contributed by atoms with van der Waals surface area (Å²) in [5.74, 6) is -0.465. The van der Waals surface area contributed by atoms with Crippen LogP contribution in [0.2, 0.25) is 0 Å². The van der Waals surface area contributed by atoms with E-state index in [0.717, 1.165) is 0 Å². The number of nitrogens with zero attached hydrogens (tertiary/aromatic N) is 2. The molecule has 1 unspecified atom stereocenters. The minimum atomic E-state index is -0.724. The fourth-order valence-electron chi connectivity index (χ4n) is 1.24. The highest BCUT2D eigenvalue weighted by atomic mass is 127. The molecule has 0 bridgehead atoms. The Morgan fingerprint density at radius 3 is 2.81 bits per heavy atom. The van der Waals surface area contributed by atoms with Gasteiger partial charge in [0.1, 0.15) is 0 Å². The fourth-order valence-corrected chi connectivity index (χ4v) is 1.87. The quantitative estimate of drug-likeness (QED) is 0.498. The standard InChI is InChI=1S/C9H8IN3O3/c10-5-3-6(7(12)1-2-11)9(14)8(4-5)13(15)16/h3-4,7,14H,1,12H2. The van der Waals surface area contributed by atoms with Crippen LogP contribution in [0.4, 0.5) is 5.69 Å². The van der Waals surface area contributed by atoms with Crippen molar-refractivity contribution in [3.63, 3.8) is 0 Å². The summed E-state index contributed by atoms with van der Waals surface area (Å²) in [4.78, 5) is 9.96. The number of nitro groups is 1. The average Bonchev–Trinajstić information content (AvgIpc) is 2.20. The molecule has 1 aromatic carbocycles. The minimum Gasteiger partial charge on any atom is -0.502 e. The lowest BCUT2D eigenvalue weighted by molar-refractivity contribution is -0.386. The number of aromatic hydroxyl groups is 1. The first kappa shape index (κ1) is 12.7. The average molecular weight is 333 g/mol. The zero-order valence-corrected chi connectivity index (χ0v) is 10.2. The third-order valence-corrected chi connectivity index (χ3v) is 2.61. The third-order valence-electron chi connectivity index (χ3n) is 1.99. The van der Waals surface area contributed by atoms with Gasteiger partial charge in [0.25, 0.3) is 0 Å². The zero-order valence-electron chi connectivity index (χ0n) is 8.05. The number of nitro benzene ring substituents is 1. The van der Waals surface area contributed by atoms with Crippen LogP contribution in [0, 0.1) is 25.0 Å². The maximum absolute atomic E-state index is 10.6. The Balaban J connectivity index is 3.30. The number of rotatable bonds is 3. The van der Waals surface area contributed by atoms with Crippen LogP contribution < -0.4 is 5.73 Å². The van der Waals surface area contributed by atoms with Gasteiger partial charge in [-0.2, -0.15) is 5.26 Å². The first-order chi connectivity index (χ1) is 7.47. The molecule has 0 amide bonds. The molecule has 0 aliphatic heterocycles. The van der Waals surface area contributed by atoms with E-state index in [2.05, 4.69) is 0 Å². The highest BCUT2D eigenvalue weighted by Gasteiger charge is 2.21. The summed E-state index contributed by atoms with van der Waals surface area (Å²) >= 11 is 1.89. The molecule has 0 saturated carbocycles. The third kappa shape index (κ3) is 2.59. The molecule has 0 aromatic heterocycles. The lowest BCUT2D eigenvalue weighted by Crippen LogP contribution is -2.10. The van der Waals surface area contributed by atoms with Crippen LogP contribution in [0.15, 0.2) is 12.1 Å². The zero-order chi connectivity index (χ0) is 12.3. The Bertz CT molecular complexity index is 470. The molecule has 3 N–H and O–H groups in total. The van der Waals surface area contributed by atoms with Gasteiger partial charge >= 0.3 is 5.69 Å². The lowest BCUT2D eigenvalue weighted by Gasteiger charge is -2.10. The molecule has 0 radical (unpaired) electrons. The summed E-state index contributed by atoms with van der Waals surface area (Å²) in [5, 5.41) is 28.8. The van der Waals surface area contributed by atoms with Gasteiger partial charge in [0.15, 0.2) is 5.75 Å². The Kier molecular flexibility index (Phi) is 4.03. The van der Waals surface area contributed by atoms with Gasteiger partial charge in [0.2, 0.25) is 0 Å². The minimum absolute atomic E-state index is 0.00912. The number of hydrogen-bond donors (Lipinski definition) is 2. The lowest BCUT2D eigenvalue weighted by atomic mass is 10.0. The van der Waals surface area contributed by atoms with E-state index in [9.17, 15) is 15.2 Å². The van der Waals surface area contributed by atoms with Crippen molar-refractivity contribution < 1.29 is 10.0 Å². The Hall–Kier alpha value is -1.40. The predicted octanol–water partition coefficient (Wildman–Crippen LogP) is 1.82. The number of phenolic OH excluding ortho intramolecular Hbond substituents is 1. The largest absolute Gasteiger partial charge is 0.502 e. The molecule has 16 heavy (non-hydrogen) atoms. The van der Waals surface area contributed by atoms with Gasteiger partial charge in [-0.25, -0.2) is 0 Å². The normalized spacial score (nSPS) is 11.8. The van der Waals surface area contributed by atoms with Crippen molar-refractivity contribution in [1.82, 2.24) is 0 Å². The van der Waals surface area contributed by atoms with Crippen molar-refractivity contribution in [2.75, 3.05) is 0 Å². The van der Waals surface area contributed by atoms with E-state index in [-0.39, 0.29) is 12.0 Å². The number of benzene rings is 1. The van der Waals surface area contributed by atoms with Crippen molar-refractivity contribution in [2.45, 2.75) is 12.5 Å². The van der Waals surface area contributed by atoms with Gasteiger partial charge in [-0.1, -0.05) is 0 Å². The summed E-state index contributed by atoms with van der Waals surface area (Å²) in [6.45, 7) is 0. The number of nitrogens with two attached hydrogens (primary N) is 1. The Morgan fingerprint density at radius 1 is 1.69 bits per heavy atom. The Labute approximate surface area is 105 Å². The summed E-state index contributed by atoms with van der Waals surface area (Å²) in [7, 11) is 0. The molecule has 0 spiro atoms. The van der Waals surface area contributed by atoms with E-state index in [4.69, 9.17) is 11.0 Å². The summed E-state index contributed by atoms with van der Waals surface area (Å²) < 4.78 is 0.588. The molecule has 0 aliphatic rings. The molecule has 0 aliphatic carbocycles. The van der Waals surface area contributed by atoms with Gasteiger partial charge in [0, 0.05) is 21.2 Å². The Morgan fingerprint density at radius 2 is 2.31 bits per heavy atom. The van der Waals surface area contributed by atoms with Gasteiger partial charge in [-0.05, 0) is 28.7 Å². The van der Waals surface area contributed by atoms with Gasteiger partial charge < -0.3 is 10.8 Å². The number of hydrogen-bond acceptors (Lipinski definition) is 5. The molecule has 1 rings (SSSR count). The molecule has 0 fully saturated rings. The second-order valence-corrected chi connectivity index (χ2v) is 4.33. The van der Waals surface area contributed by atoms with E-state index in [1.54, 1.807) is 0 Å². The number of nitriles is 1. The van der Waals surface area contributed by atoms with Crippen molar-refractivity contribution in [3.05, 3.63) is 31.4 Å². The summed E-state index contributed by atoms with van der Waals surface area (Å²) in [6, 6.07) is 3.91. The molecular weight excluding hydrogens is 325 g/mol. The highest BCUT2D eigenvalue weighted by molar-refractivity contribution is 14.1. The van der Waals surface area contributed by atoms with Crippen LogP contribution in [-0.4, -0.2) is 10.0 Å². The molecular formula is C9H8IN3O3. The first-order valence-corrected chi connectivity index (χ1v) is 5.34. The van der Waals surface area contributed by atoms with Gasteiger partial charge in [0.05, 0.1) is 17.4 Å². The molecule has 1 aromatic rings. The van der Waals surface area contributed by atoms with E-state index in [1.165, 1.54) is 12.1 Å². The van der Waals surface area contributed by atoms with Crippen LogP contribution >= 0.6 is 22.6 Å². The van der Waals surface area contributed by atoms with Crippen LogP contribution in [0.25, 0.3) is 0 Å². The molecule has 6 nitrogen and oxygen atoms in total. The van der Waals surface area contributed by atoms with Crippen molar-refractivity contribution in [2.24, 2.45) is 5.73 Å². The highest BCUT2D eigenvalue weighted by Crippen LogP contribution is 2.35. The molecule has 0 saturated heterocycles. The predicted molar refractivity (Wildman–Crippen MR) is 64.6 cm³/mol. The monoisotopic (exact) mass is 333 g/mol. The molecule has 84 valence electrons. The van der Waals surface area contributed by atoms with E-state index < -0.39 is 22.4 Å². The molecule has 7 heteroatoms. The van der Waals surface area contributed by atoms with E-state index in [1.807, 2.05) is 28.7 Å². The smallest absolute Gasteiger partial charge is 0.312 e. The van der Waals surface area contributed by atoms with E-state index in [0.29, 0.717) is 3.57 Å². The maximum Gasteiger partial charge on any atom is 0.312 e. The SMILES string of the molecule is N#CCC(N)c1cc(I)cc([N+](=O)[O-])c1O. The molecule has 1 atom stereocenters. The van der Waals surface area contributed by atoms with Crippen LogP contribution in [0.1, 0.15) is 18.0 Å². The van der Waals surface area contributed by atoms with Crippen molar-refractivity contribution in [1.29, 1.82) is 5.26 Å². The van der Waals surface area contributed by atoms with Crippen LogP contribution in [-0.2, 0) is 0 Å². The van der Waals surface area contributed by atoms with Crippen LogP contribution in [0.3, 0.4) is 0 Å². The number of phenols is 1. The maximum atomic E-state index is 10.6. The summed E-state index contributed by atoms with van der Waals surface area (Å²) in [5.41, 5.74) is 5.46. The van der Waals surface area contributed by atoms with E-state index >= 15 is 0 Å². The van der Waals surface area contributed by atoms with Crippen LogP contribution in [0.5, 0.6) is 5.75 Å². The number of halogens is 1. The fraction of sp³-hybridized carbons (Fsp3) is 0.222. The van der Waals surface area contributed by atoms with Crippen molar-refractivity contribution in [3.8, 4) is 11.8 Å². The topological polar surface area (TPSA) is 113 Å². The van der Waals surface area contributed by atoms with Gasteiger partial charge in [-0.15, -0.1) is 0 Å². The second-order valence-electron chi connectivity index (χ2n) is 3.09.